The minimum Gasteiger partial charge on any atom is -0.388 e. The van der Waals surface area contributed by atoms with Crippen LogP contribution < -0.4 is 10.6 Å². The van der Waals surface area contributed by atoms with Crippen LogP contribution in [0.25, 0.3) is 17.1 Å². The summed E-state index contributed by atoms with van der Waals surface area (Å²) in [5.74, 6) is 0.886. The first-order valence-electron chi connectivity index (χ1n) is 8.42. The highest BCUT2D eigenvalue weighted by atomic mass is 15.2. The van der Waals surface area contributed by atoms with Crippen LogP contribution in [-0.4, -0.2) is 16.6 Å². The molecule has 1 heterocycles. The largest absolute Gasteiger partial charge is 0.388 e. The van der Waals surface area contributed by atoms with Gasteiger partial charge in [-0.3, -0.25) is 0 Å². The summed E-state index contributed by atoms with van der Waals surface area (Å²) in [5.41, 5.74) is 5.37. The molecule has 0 atom stereocenters. The van der Waals surface area contributed by atoms with Crippen LogP contribution in [0.3, 0.4) is 0 Å². The molecule has 1 aromatic heterocycles. The lowest BCUT2D eigenvalue weighted by Crippen LogP contribution is -2.04. The summed E-state index contributed by atoms with van der Waals surface area (Å²) < 4.78 is 2.26. The fourth-order valence-electron chi connectivity index (χ4n) is 2.76. The van der Waals surface area contributed by atoms with Gasteiger partial charge in [0.1, 0.15) is 0 Å². The number of benzene rings is 2. The second kappa shape index (κ2) is 7.21. The Hall–Kier alpha value is -2.75. The van der Waals surface area contributed by atoms with Gasteiger partial charge in [0, 0.05) is 25.0 Å². The second-order valence-electron chi connectivity index (χ2n) is 5.85. The molecule has 0 saturated heterocycles. The van der Waals surface area contributed by atoms with Crippen molar-refractivity contribution in [2.45, 2.75) is 26.3 Å². The van der Waals surface area contributed by atoms with Crippen molar-refractivity contribution < 1.29 is 0 Å². The highest BCUT2D eigenvalue weighted by Gasteiger charge is 2.11. The maximum atomic E-state index is 4.80. The van der Waals surface area contributed by atoms with E-state index in [0.29, 0.717) is 0 Å². The van der Waals surface area contributed by atoms with Gasteiger partial charge in [0.2, 0.25) is 5.95 Å². The molecule has 24 heavy (non-hydrogen) atoms. The summed E-state index contributed by atoms with van der Waals surface area (Å²) in [7, 11) is 1.92. The zero-order valence-corrected chi connectivity index (χ0v) is 14.3. The lowest BCUT2D eigenvalue weighted by atomic mass is 10.2. The number of imidazole rings is 1. The average Bonchev–Trinajstić information content (AvgIpc) is 2.96. The van der Waals surface area contributed by atoms with Crippen LogP contribution in [0.15, 0.2) is 49.0 Å². The third-order valence-corrected chi connectivity index (χ3v) is 4.17. The van der Waals surface area contributed by atoms with E-state index >= 15 is 0 Å². The number of hydrogen-bond donors (Lipinski definition) is 2. The SMILES string of the molecule is C=Cc1ccc2c(c1)nc(Nc1ccc(NC)cc1)n2CCCC. The Labute approximate surface area is 143 Å². The maximum absolute atomic E-state index is 4.80. The van der Waals surface area contributed by atoms with Gasteiger partial charge in [0.05, 0.1) is 11.0 Å². The molecule has 0 unspecified atom stereocenters. The summed E-state index contributed by atoms with van der Waals surface area (Å²) in [6.07, 6.45) is 4.14. The molecule has 0 fully saturated rings. The van der Waals surface area contributed by atoms with Crippen LogP contribution >= 0.6 is 0 Å². The molecule has 4 nitrogen and oxygen atoms in total. The number of hydrogen-bond acceptors (Lipinski definition) is 3. The van der Waals surface area contributed by atoms with Crippen molar-refractivity contribution in [2.75, 3.05) is 17.7 Å². The molecule has 124 valence electrons. The second-order valence-corrected chi connectivity index (χ2v) is 5.85. The maximum Gasteiger partial charge on any atom is 0.208 e. The molecule has 0 amide bonds. The summed E-state index contributed by atoms with van der Waals surface area (Å²) >= 11 is 0. The van der Waals surface area contributed by atoms with E-state index in [1.165, 1.54) is 0 Å². The number of aromatic nitrogens is 2. The van der Waals surface area contributed by atoms with E-state index in [4.69, 9.17) is 4.98 Å². The zero-order chi connectivity index (χ0) is 16.9. The van der Waals surface area contributed by atoms with Crippen molar-refractivity contribution in [3.63, 3.8) is 0 Å². The molecule has 3 rings (SSSR count). The normalized spacial score (nSPS) is 10.8. The van der Waals surface area contributed by atoms with Crippen LogP contribution in [0.5, 0.6) is 0 Å². The molecule has 0 aliphatic heterocycles. The van der Waals surface area contributed by atoms with E-state index in [-0.39, 0.29) is 0 Å². The Kier molecular flexibility index (Phi) is 4.85. The summed E-state index contributed by atoms with van der Waals surface area (Å²) in [6, 6.07) is 14.5. The van der Waals surface area contributed by atoms with E-state index in [0.717, 1.165) is 53.3 Å². The van der Waals surface area contributed by atoms with Crippen molar-refractivity contribution in [2.24, 2.45) is 0 Å². The molecule has 0 aliphatic carbocycles. The number of nitrogens with one attached hydrogen (secondary N) is 2. The van der Waals surface area contributed by atoms with Crippen molar-refractivity contribution in [1.82, 2.24) is 9.55 Å². The summed E-state index contributed by atoms with van der Waals surface area (Å²) in [5, 5.41) is 6.59. The third-order valence-electron chi connectivity index (χ3n) is 4.17. The Balaban J connectivity index is 1.98. The van der Waals surface area contributed by atoms with Gasteiger partial charge in [0.25, 0.3) is 0 Å². The van der Waals surface area contributed by atoms with Gasteiger partial charge in [-0.15, -0.1) is 0 Å². The number of anilines is 3. The third kappa shape index (κ3) is 3.27. The minimum absolute atomic E-state index is 0.886. The molecule has 0 radical (unpaired) electrons. The van der Waals surface area contributed by atoms with Crippen molar-refractivity contribution in [3.8, 4) is 0 Å². The van der Waals surface area contributed by atoms with Crippen molar-refractivity contribution >= 4 is 34.4 Å². The Morgan fingerprint density at radius 3 is 2.54 bits per heavy atom. The standard InChI is InChI=1S/C20H24N4/c1-4-6-13-24-19-12-7-15(5-2)14-18(19)23-20(24)22-17-10-8-16(21-3)9-11-17/h5,7-12,14,21H,2,4,6,13H2,1,3H3,(H,22,23). The van der Waals surface area contributed by atoms with Crippen molar-refractivity contribution in [1.29, 1.82) is 0 Å². The molecule has 0 spiro atoms. The lowest BCUT2D eigenvalue weighted by molar-refractivity contribution is 0.652. The molecule has 4 heteroatoms. The first kappa shape index (κ1) is 16.1. The highest BCUT2D eigenvalue weighted by molar-refractivity contribution is 5.82. The average molecular weight is 320 g/mol. The van der Waals surface area contributed by atoms with Crippen LogP contribution in [0.4, 0.5) is 17.3 Å². The molecule has 0 saturated carbocycles. The van der Waals surface area contributed by atoms with E-state index in [2.05, 4.69) is 71.2 Å². The van der Waals surface area contributed by atoms with E-state index in [1.807, 2.05) is 13.1 Å². The quantitative estimate of drug-likeness (QED) is 0.623. The molecular weight excluding hydrogens is 296 g/mol. The van der Waals surface area contributed by atoms with Gasteiger partial charge in [-0.2, -0.15) is 0 Å². The molecular formula is C20H24N4. The number of unbranched alkanes of at least 4 members (excludes halogenated alkanes) is 1. The Morgan fingerprint density at radius 2 is 1.88 bits per heavy atom. The van der Waals surface area contributed by atoms with Crippen LogP contribution in [-0.2, 0) is 6.54 Å². The van der Waals surface area contributed by atoms with E-state index in [9.17, 15) is 0 Å². The van der Waals surface area contributed by atoms with Gasteiger partial charge in [-0.05, 0) is 48.4 Å². The Morgan fingerprint density at radius 1 is 1.12 bits per heavy atom. The minimum atomic E-state index is 0.886. The fraction of sp³-hybridized carbons (Fsp3) is 0.250. The number of nitrogens with zero attached hydrogens (tertiary/aromatic N) is 2. The summed E-state index contributed by atoms with van der Waals surface area (Å²) in [4.78, 5) is 4.80. The zero-order valence-electron chi connectivity index (χ0n) is 14.3. The number of fused-ring (bicyclic) bond motifs is 1. The number of rotatable bonds is 7. The van der Waals surface area contributed by atoms with Crippen LogP contribution in [0.2, 0.25) is 0 Å². The smallest absolute Gasteiger partial charge is 0.208 e. The first-order valence-corrected chi connectivity index (χ1v) is 8.42. The van der Waals surface area contributed by atoms with E-state index in [1.54, 1.807) is 0 Å². The summed E-state index contributed by atoms with van der Waals surface area (Å²) in [6.45, 7) is 7.01. The first-order chi connectivity index (χ1) is 11.7. The predicted molar refractivity (Wildman–Crippen MR) is 104 cm³/mol. The molecule has 0 aliphatic rings. The Bertz CT molecular complexity index is 831. The van der Waals surface area contributed by atoms with Gasteiger partial charge in [0.15, 0.2) is 0 Å². The lowest BCUT2D eigenvalue weighted by Gasteiger charge is -2.11. The fourth-order valence-corrected chi connectivity index (χ4v) is 2.76. The van der Waals surface area contributed by atoms with Gasteiger partial charge in [-0.25, -0.2) is 4.98 Å². The van der Waals surface area contributed by atoms with Gasteiger partial charge in [-0.1, -0.05) is 32.1 Å². The van der Waals surface area contributed by atoms with Crippen molar-refractivity contribution in [3.05, 3.63) is 54.6 Å². The van der Waals surface area contributed by atoms with E-state index < -0.39 is 0 Å². The number of aryl methyl sites for hydroxylation is 1. The predicted octanol–water partition coefficient (Wildman–Crippen LogP) is 5.26. The monoisotopic (exact) mass is 320 g/mol. The van der Waals surface area contributed by atoms with Crippen LogP contribution in [0, 0.1) is 0 Å². The highest BCUT2D eigenvalue weighted by Crippen LogP contribution is 2.25. The van der Waals surface area contributed by atoms with Gasteiger partial charge >= 0.3 is 0 Å². The molecule has 2 N–H and O–H groups in total. The van der Waals surface area contributed by atoms with Crippen LogP contribution in [0.1, 0.15) is 25.3 Å². The van der Waals surface area contributed by atoms with Gasteiger partial charge < -0.3 is 15.2 Å². The molecule has 0 bridgehead atoms. The topological polar surface area (TPSA) is 41.9 Å². The molecule has 3 aromatic rings. The molecule has 2 aromatic carbocycles.